The van der Waals surface area contributed by atoms with E-state index in [0.717, 1.165) is 42.9 Å². The molecule has 1 aliphatic rings. The van der Waals surface area contributed by atoms with Gasteiger partial charge in [0.25, 0.3) is 11.3 Å². The Kier molecular flexibility index (Phi) is 4.87. The molecule has 8 heteroatoms. The normalized spacial score (nSPS) is 15.2. The minimum absolute atomic E-state index is 0.201. The van der Waals surface area contributed by atoms with Crippen molar-refractivity contribution in [2.24, 2.45) is 0 Å². The van der Waals surface area contributed by atoms with Gasteiger partial charge in [0.2, 0.25) is 0 Å². The highest BCUT2D eigenvalue weighted by molar-refractivity contribution is 5.56. The van der Waals surface area contributed by atoms with E-state index in [1.54, 1.807) is 6.07 Å². The molecule has 2 aromatic carbocycles. The second-order valence-electron chi connectivity index (χ2n) is 8.37. The quantitative estimate of drug-likeness (QED) is 0.452. The van der Waals surface area contributed by atoms with Crippen LogP contribution in [0.25, 0.3) is 17.2 Å². The minimum atomic E-state index is -4.34. The number of benzene rings is 2. The number of rotatable bonds is 6. The first-order valence-electron chi connectivity index (χ1n) is 10.6. The largest absolute Gasteiger partial charge is 0.416 e. The lowest BCUT2D eigenvalue weighted by Crippen LogP contribution is -2.16. The average molecular weight is 438 g/mol. The van der Waals surface area contributed by atoms with Gasteiger partial charge in [-0.05, 0) is 49.1 Å². The lowest BCUT2D eigenvalue weighted by Gasteiger charge is -2.17. The monoisotopic (exact) mass is 438 g/mol. The van der Waals surface area contributed by atoms with Crippen molar-refractivity contribution in [3.63, 3.8) is 0 Å². The lowest BCUT2D eigenvalue weighted by molar-refractivity contribution is -0.137. The summed E-state index contributed by atoms with van der Waals surface area (Å²) in [5, 5.41) is 2.98. The summed E-state index contributed by atoms with van der Waals surface area (Å²) in [4.78, 5) is 21.5. The number of nitrogens with zero attached hydrogens (tertiary/aromatic N) is 3. The standard InChI is InChI=1S/C24H21F3N4O/c25-24(26,27)18-9-4-8-17(14-18)23(12-13-23)11-5-10-19-15-20(32)31-22(28-19)29-21(30-31)16-6-2-1-3-7-16/h1-4,6-9,14-15H,5,10-13H2,(H,28,29,30). The van der Waals surface area contributed by atoms with Gasteiger partial charge in [0.15, 0.2) is 5.82 Å². The third-order valence-electron chi connectivity index (χ3n) is 6.17. The Labute approximate surface area is 181 Å². The van der Waals surface area contributed by atoms with Crippen LogP contribution in [0.15, 0.2) is 65.5 Å². The summed E-state index contributed by atoms with van der Waals surface area (Å²) in [5.41, 5.74) is 1.20. The summed E-state index contributed by atoms with van der Waals surface area (Å²) in [6.07, 6.45) is -0.526. The van der Waals surface area contributed by atoms with E-state index in [2.05, 4.69) is 15.1 Å². The second-order valence-corrected chi connectivity index (χ2v) is 8.37. The first-order chi connectivity index (χ1) is 15.3. The van der Waals surface area contributed by atoms with Crippen molar-refractivity contribution in [1.29, 1.82) is 0 Å². The Morgan fingerprint density at radius 1 is 1.00 bits per heavy atom. The van der Waals surface area contributed by atoms with Gasteiger partial charge in [0, 0.05) is 11.6 Å². The van der Waals surface area contributed by atoms with E-state index in [9.17, 15) is 18.0 Å². The minimum Gasteiger partial charge on any atom is -0.271 e. The number of hydrogen-bond acceptors (Lipinski definition) is 3. The molecule has 0 radical (unpaired) electrons. The highest BCUT2D eigenvalue weighted by Gasteiger charge is 2.44. The van der Waals surface area contributed by atoms with Gasteiger partial charge in [-0.2, -0.15) is 22.7 Å². The van der Waals surface area contributed by atoms with E-state index >= 15 is 0 Å². The fraction of sp³-hybridized carbons (Fsp3) is 0.292. The number of hydrogen-bond donors (Lipinski definition) is 1. The number of aromatic nitrogens is 4. The van der Waals surface area contributed by atoms with Crippen LogP contribution in [0.1, 0.15) is 42.5 Å². The molecule has 0 unspecified atom stereocenters. The van der Waals surface area contributed by atoms with Crippen LogP contribution in [-0.4, -0.2) is 19.6 Å². The molecule has 1 N–H and O–H groups in total. The van der Waals surface area contributed by atoms with Gasteiger partial charge in [-0.25, -0.2) is 4.98 Å². The molecule has 2 aromatic heterocycles. The zero-order chi connectivity index (χ0) is 22.3. The molecule has 164 valence electrons. The zero-order valence-electron chi connectivity index (χ0n) is 17.2. The molecule has 0 amide bonds. The summed E-state index contributed by atoms with van der Waals surface area (Å²) in [7, 11) is 0. The number of aromatic amines is 1. The Balaban J connectivity index is 1.31. The average Bonchev–Trinajstić information content (AvgIpc) is 3.44. The van der Waals surface area contributed by atoms with Gasteiger partial charge in [0.05, 0.1) is 11.3 Å². The van der Waals surface area contributed by atoms with Crippen LogP contribution < -0.4 is 5.56 Å². The van der Waals surface area contributed by atoms with Gasteiger partial charge in [0.1, 0.15) is 0 Å². The molecule has 5 rings (SSSR count). The third kappa shape index (κ3) is 3.92. The first kappa shape index (κ1) is 20.5. The highest BCUT2D eigenvalue weighted by Crippen LogP contribution is 2.52. The smallest absolute Gasteiger partial charge is 0.271 e. The lowest BCUT2D eigenvalue weighted by atomic mass is 9.89. The number of nitrogens with one attached hydrogen (secondary N) is 1. The van der Waals surface area contributed by atoms with E-state index in [1.807, 2.05) is 30.3 Å². The van der Waals surface area contributed by atoms with Crippen LogP contribution in [0.3, 0.4) is 0 Å². The van der Waals surface area contributed by atoms with Gasteiger partial charge >= 0.3 is 6.18 Å². The molecule has 0 aliphatic heterocycles. The van der Waals surface area contributed by atoms with Crippen molar-refractivity contribution >= 4 is 5.78 Å². The van der Waals surface area contributed by atoms with Crippen LogP contribution in [-0.2, 0) is 18.0 Å². The van der Waals surface area contributed by atoms with Crippen LogP contribution in [0, 0.1) is 0 Å². The maximum absolute atomic E-state index is 13.1. The van der Waals surface area contributed by atoms with E-state index in [-0.39, 0.29) is 11.0 Å². The number of alkyl halides is 3. The van der Waals surface area contributed by atoms with E-state index in [4.69, 9.17) is 0 Å². The molecular weight excluding hydrogens is 417 g/mol. The molecule has 1 saturated carbocycles. The van der Waals surface area contributed by atoms with Crippen molar-refractivity contribution in [2.45, 2.75) is 43.7 Å². The molecule has 1 fully saturated rings. The van der Waals surface area contributed by atoms with Crippen molar-refractivity contribution in [1.82, 2.24) is 19.6 Å². The van der Waals surface area contributed by atoms with Gasteiger partial charge in [-0.15, -0.1) is 0 Å². The number of fused-ring (bicyclic) bond motifs is 1. The first-order valence-corrected chi connectivity index (χ1v) is 10.6. The van der Waals surface area contributed by atoms with E-state index in [0.29, 0.717) is 23.7 Å². The van der Waals surface area contributed by atoms with Gasteiger partial charge in [-0.3, -0.25) is 9.89 Å². The summed E-state index contributed by atoms with van der Waals surface area (Å²) in [5.74, 6) is 0.874. The fourth-order valence-electron chi connectivity index (χ4n) is 4.25. The number of aryl methyl sites for hydroxylation is 1. The van der Waals surface area contributed by atoms with Crippen LogP contribution in [0.4, 0.5) is 13.2 Å². The Morgan fingerprint density at radius 3 is 2.50 bits per heavy atom. The van der Waals surface area contributed by atoms with Crippen LogP contribution >= 0.6 is 0 Å². The SMILES string of the molecule is O=c1cc(CCCC2(c3cccc(C(F)(F)F)c3)CC2)nc2nc(-c3ccccc3)[nH]n12. The molecule has 1 aliphatic carbocycles. The maximum atomic E-state index is 13.1. The van der Waals surface area contributed by atoms with Gasteiger partial charge < -0.3 is 0 Å². The Bertz CT molecular complexity index is 1320. The van der Waals surface area contributed by atoms with Crippen molar-refractivity contribution in [2.75, 3.05) is 0 Å². The van der Waals surface area contributed by atoms with Crippen molar-refractivity contribution in [3.05, 3.63) is 87.8 Å². The topological polar surface area (TPSA) is 63.0 Å². The highest BCUT2D eigenvalue weighted by atomic mass is 19.4. The fourth-order valence-corrected chi connectivity index (χ4v) is 4.25. The summed E-state index contributed by atoms with van der Waals surface area (Å²) >= 11 is 0. The predicted octanol–water partition coefficient (Wildman–Crippen LogP) is 5.16. The number of H-pyrrole nitrogens is 1. The van der Waals surface area contributed by atoms with E-state index in [1.165, 1.54) is 22.7 Å². The Hall–Kier alpha value is -3.42. The van der Waals surface area contributed by atoms with Crippen LogP contribution in [0.5, 0.6) is 0 Å². The summed E-state index contributed by atoms with van der Waals surface area (Å²) < 4.78 is 40.5. The summed E-state index contributed by atoms with van der Waals surface area (Å²) in [6, 6.07) is 16.6. The van der Waals surface area contributed by atoms with E-state index < -0.39 is 11.7 Å². The maximum Gasteiger partial charge on any atom is 0.416 e. The van der Waals surface area contributed by atoms with Crippen molar-refractivity contribution in [3.8, 4) is 11.4 Å². The van der Waals surface area contributed by atoms with Gasteiger partial charge in [-0.1, -0.05) is 48.5 Å². The molecule has 2 heterocycles. The molecule has 0 bridgehead atoms. The Morgan fingerprint density at radius 2 is 1.78 bits per heavy atom. The van der Waals surface area contributed by atoms with Crippen LogP contribution in [0.2, 0.25) is 0 Å². The molecule has 0 saturated heterocycles. The molecule has 4 aromatic rings. The molecule has 0 atom stereocenters. The zero-order valence-corrected chi connectivity index (χ0v) is 17.2. The third-order valence-corrected chi connectivity index (χ3v) is 6.17. The molecule has 32 heavy (non-hydrogen) atoms. The van der Waals surface area contributed by atoms with Crippen molar-refractivity contribution < 1.29 is 13.2 Å². The number of halogens is 3. The molecular formula is C24H21F3N4O. The second kappa shape index (κ2) is 7.62. The molecule has 5 nitrogen and oxygen atoms in total. The molecule has 0 spiro atoms. The summed E-state index contributed by atoms with van der Waals surface area (Å²) in [6.45, 7) is 0. The predicted molar refractivity (Wildman–Crippen MR) is 114 cm³/mol.